The molecular weight excluding hydrogens is 208 g/mol. The molecule has 0 aromatic carbocycles. The Hall–Kier alpha value is -1.06. The molecule has 1 saturated carbocycles. The van der Waals surface area contributed by atoms with Crippen molar-refractivity contribution in [1.82, 2.24) is 0 Å². The van der Waals surface area contributed by atoms with Crippen LogP contribution in [0.1, 0.15) is 46.0 Å². The third-order valence-corrected chi connectivity index (χ3v) is 4.16. The largest absolute Gasteiger partial charge is 0.478 e. The van der Waals surface area contributed by atoms with E-state index < -0.39 is 17.0 Å². The average Bonchev–Trinajstić information content (AvgIpc) is 2.75. The molecule has 4 heteroatoms. The zero-order chi connectivity index (χ0) is 12.0. The Labute approximate surface area is 95.0 Å². The summed E-state index contributed by atoms with van der Waals surface area (Å²) < 4.78 is 5.27. The normalized spacial score (nSPS) is 32.3. The van der Waals surface area contributed by atoms with E-state index in [-0.39, 0.29) is 11.9 Å². The highest BCUT2D eigenvalue weighted by Crippen LogP contribution is 2.53. The zero-order valence-electron chi connectivity index (χ0n) is 9.78. The molecule has 0 aromatic rings. The van der Waals surface area contributed by atoms with Crippen LogP contribution in [0, 0.1) is 11.3 Å². The van der Waals surface area contributed by atoms with E-state index in [4.69, 9.17) is 4.74 Å². The lowest BCUT2D eigenvalue weighted by atomic mass is 9.75. The minimum absolute atomic E-state index is 0.186. The number of carbonyl (C=O) groups excluding carboxylic acids is 1. The van der Waals surface area contributed by atoms with Gasteiger partial charge in [0.05, 0.1) is 5.41 Å². The van der Waals surface area contributed by atoms with Crippen LogP contribution in [0.25, 0.3) is 0 Å². The number of carboxylic acids is 1. The first-order valence-electron chi connectivity index (χ1n) is 5.90. The van der Waals surface area contributed by atoms with Crippen LogP contribution in [0.5, 0.6) is 0 Å². The van der Waals surface area contributed by atoms with Gasteiger partial charge in [-0.2, -0.15) is 0 Å². The predicted octanol–water partition coefficient (Wildman–Crippen LogP) is 1.97. The van der Waals surface area contributed by atoms with Crippen molar-refractivity contribution in [2.75, 3.05) is 0 Å². The smallest absolute Gasteiger partial charge is 0.348 e. The Bertz CT molecular complexity index is 328. The summed E-state index contributed by atoms with van der Waals surface area (Å²) in [5.74, 6) is -1.48. The minimum atomic E-state index is -1.29. The van der Waals surface area contributed by atoms with Gasteiger partial charge in [0, 0.05) is 12.3 Å². The van der Waals surface area contributed by atoms with Gasteiger partial charge in [0.15, 0.2) is 0 Å². The average molecular weight is 226 g/mol. The maximum atomic E-state index is 11.9. The Kier molecular flexibility index (Phi) is 2.48. The number of hydrogen-bond donors (Lipinski definition) is 1. The molecule has 1 unspecified atom stereocenters. The van der Waals surface area contributed by atoms with Crippen molar-refractivity contribution in [3.05, 3.63) is 0 Å². The quantitative estimate of drug-likeness (QED) is 0.731. The fourth-order valence-corrected chi connectivity index (χ4v) is 3.01. The predicted molar refractivity (Wildman–Crippen MR) is 56.8 cm³/mol. The molecule has 2 aliphatic rings. The molecule has 1 heterocycles. The number of aliphatic carboxylic acids is 1. The third kappa shape index (κ3) is 1.35. The van der Waals surface area contributed by atoms with Gasteiger partial charge in [-0.1, -0.05) is 26.7 Å². The van der Waals surface area contributed by atoms with Gasteiger partial charge in [-0.15, -0.1) is 0 Å². The second-order valence-electron chi connectivity index (χ2n) is 5.40. The van der Waals surface area contributed by atoms with E-state index in [1.807, 2.05) is 0 Å². The summed E-state index contributed by atoms with van der Waals surface area (Å²) in [7, 11) is 0. The molecule has 1 atom stereocenters. The van der Waals surface area contributed by atoms with Crippen LogP contribution in [-0.2, 0) is 14.3 Å². The van der Waals surface area contributed by atoms with Crippen LogP contribution >= 0.6 is 0 Å². The molecule has 2 rings (SSSR count). The molecule has 1 spiro atoms. The van der Waals surface area contributed by atoms with Crippen LogP contribution in [0.3, 0.4) is 0 Å². The van der Waals surface area contributed by atoms with Crippen molar-refractivity contribution in [3.63, 3.8) is 0 Å². The van der Waals surface area contributed by atoms with E-state index in [1.54, 1.807) is 13.8 Å². The highest BCUT2D eigenvalue weighted by molar-refractivity contribution is 5.89. The number of hydrogen-bond acceptors (Lipinski definition) is 3. The molecule has 1 aliphatic heterocycles. The summed E-state index contributed by atoms with van der Waals surface area (Å²) in [6.45, 7) is 3.60. The summed E-state index contributed by atoms with van der Waals surface area (Å²) in [4.78, 5) is 23.3. The minimum Gasteiger partial charge on any atom is -0.478 e. The fourth-order valence-electron chi connectivity index (χ4n) is 3.01. The SMILES string of the molecule is CC(C)C1(C(=O)O)CC2(CCCC2)C(=O)O1. The van der Waals surface area contributed by atoms with Crippen LogP contribution in [0.4, 0.5) is 0 Å². The Morgan fingerprint density at radius 1 is 1.38 bits per heavy atom. The van der Waals surface area contributed by atoms with Gasteiger partial charge < -0.3 is 9.84 Å². The highest BCUT2D eigenvalue weighted by atomic mass is 16.6. The second kappa shape index (κ2) is 3.47. The molecule has 2 fully saturated rings. The molecule has 4 nitrogen and oxygen atoms in total. The van der Waals surface area contributed by atoms with Crippen molar-refractivity contribution in [1.29, 1.82) is 0 Å². The lowest BCUT2D eigenvalue weighted by molar-refractivity contribution is -0.175. The van der Waals surface area contributed by atoms with E-state index in [9.17, 15) is 14.7 Å². The zero-order valence-corrected chi connectivity index (χ0v) is 9.78. The summed E-state index contributed by atoms with van der Waals surface area (Å²) in [6.07, 6.45) is 3.93. The van der Waals surface area contributed by atoms with Crippen molar-refractivity contribution in [2.45, 2.75) is 51.6 Å². The number of cyclic esters (lactones) is 1. The fraction of sp³-hybridized carbons (Fsp3) is 0.833. The van der Waals surface area contributed by atoms with Crippen LogP contribution in [-0.4, -0.2) is 22.6 Å². The lowest BCUT2D eigenvalue weighted by Gasteiger charge is -2.27. The van der Waals surface area contributed by atoms with Gasteiger partial charge in [0.1, 0.15) is 0 Å². The summed E-state index contributed by atoms with van der Waals surface area (Å²) in [5.41, 5.74) is -1.79. The first-order valence-corrected chi connectivity index (χ1v) is 5.90. The van der Waals surface area contributed by atoms with Gasteiger partial charge in [-0.05, 0) is 12.8 Å². The van der Waals surface area contributed by atoms with Gasteiger partial charge in [-0.25, -0.2) is 4.79 Å². The van der Waals surface area contributed by atoms with Gasteiger partial charge in [-0.3, -0.25) is 4.79 Å². The molecule has 90 valence electrons. The third-order valence-electron chi connectivity index (χ3n) is 4.16. The molecule has 0 bridgehead atoms. The highest BCUT2D eigenvalue weighted by Gasteiger charge is 2.62. The molecule has 0 aromatic heterocycles. The topological polar surface area (TPSA) is 63.6 Å². The van der Waals surface area contributed by atoms with E-state index >= 15 is 0 Å². The summed E-state index contributed by atoms with van der Waals surface area (Å²) in [5, 5.41) is 9.32. The molecule has 16 heavy (non-hydrogen) atoms. The van der Waals surface area contributed by atoms with Crippen LogP contribution in [0.15, 0.2) is 0 Å². The van der Waals surface area contributed by atoms with Gasteiger partial charge in [0.25, 0.3) is 0 Å². The Morgan fingerprint density at radius 2 is 1.94 bits per heavy atom. The number of carboxylic acid groups (broad SMARTS) is 1. The first-order chi connectivity index (χ1) is 7.43. The maximum absolute atomic E-state index is 11.9. The molecule has 1 aliphatic carbocycles. The van der Waals surface area contributed by atoms with E-state index in [1.165, 1.54) is 0 Å². The molecular formula is C12H18O4. The number of esters is 1. The van der Waals surface area contributed by atoms with E-state index in [2.05, 4.69) is 0 Å². The lowest BCUT2D eigenvalue weighted by Crippen LogP contribution is -2.43. The van der Waals surface area contributed by atoms with Crippen molar-refractivity contribution >= 4 is 11.9 Å². The second-order valence-corrected chi connectivity index (χ2v) is 5.40. The standard InChI is InChI=1S/C12H18O4/c1-8(2)12(9(13)14)7-11(10(15)16-12)5-3-4-6-11/h8H,3-7H2,1-2H3,(H,13,14). The first kappa shape index (κ1) is 11.4. The Morgan fingerprint density at radius 3 is 2.31 bits per heavy atom. The summed E-state index contributed by atoms with van der Waals surface area (Å²) >= 11 is 0. The van der Waals surface area contributed by atoms with Crippen LogP contribution in [0.2, 0.25) is 0 Å². The monoisotopic (exact) mass is 226 g/mol. The number of carbonyl (C=O) groups is 2. The van der Waals surface area contributed by atoms with Crippen molar-refractivity contribution in [3.8, 4) is 0 Å². The summed E-state index contributed by atoms with van der Waals surface area (Å²) in [6, 6.07) is 0. The van der Waals surface area contributed by atoms with E-state index in [0.29, 0.717) is 6.42 Å². The molecule has 0 amide bonds. The number of rotatable bonds is 2. The van der Waals surface area contributed by atoms with Gasteiger partial charge in [0.2, 0.25) is 5.60 Å². The number of ether oxygens (including phenoxy) is 1. The molecule has 0 radical (unpaired) electrons. The van der Waals surface area contributed by atoms with Crippen molar-refractivity contribution in [2.24, 2.45) is 11.3 Å². The molecule has 1 N–H and O–H groups in total. The molecule has 1 saturated heterocycles. The Balaban J connectivity index is 2.33. The maximum Gasteiger partial charge on any atom is 0.348 e. The van der Waals surface area contributed by atoms with E-state index in [0.717, 1.165) is 25.7 Å². The van der Waals surface area contributed by atoms with Crippen LogP contribution < -0.4 is 0 Å². The van der Waals surface area contributed by atoms with Crippen molar-refractivity contribution < 1.29 is 19.4 Å². The van der Waals surface area contributed by atoms with Gasteiger partial charge >= 0.3 is 11.9 Å².